The van der Waals surface area contributed by atoms with Gasteiger partial charge < -0.3 is 4.74 Å². The fourth-order valence-electron chi connectivity index (χ4n) is 1.26. The fraction of sp³-hybridized carbons (Fsp3) is 0.417. The molecular formula is C12H15ClO2. The van der Waals surface area contributed by atoms with Crippen molar-refractivity contribution in [3.8, 4) is 0 Å². The first kappa shape index (κ1) is 12.2. The molecule has 0 aliphatic rings. The maximum Gasteiger partial charge on any atom is 0.162 e. The second-order valence-corrected chi connectivity index (χ2v) is 3.67. The summed E-state index contributed by atoms with van der Waals surface area (Å²) in [7, 11) is 0. The van der Waals surface area contributed by atoms with E-state index >= 15 is 0 Å². The second kappa shape index (κ2) is 6.59. The molecule has 0 aliphatic carbocycles. The van der Waals surface area contributed by atoms with Gasteiger partial charge in [-0.1, -0.05) is 11.6 Å². The molecule has 0 radical (unpaired) electrons. The van der Waals surface area contributed by atoms with Crippen LogP contribution in [-0.2, 0) is 4.74 Å². The molecule has 0 saturated carbocycles. The van der Waals surface area contributed by atoms with Crippen LogP contribution in [0.3, 0.4) is 0 Å². The van der Waals surface area contributed by atoms with E-state index in [4.69, 9.17) is 16.3 Å². The van der Waals surface area contributed by atoms with E-state index < -0.39 is 0 Å². The Bertz CT molecular complexity index is 306. The molecule has 0 aromatic heterocycles. The molecule has 0 bridgehead atoms. The van der Waals surface area contributed by atoms with Crippen LogP contribution in [0.15, 0.2) is 24.3 Å². The molecule has 0 saturated heterocycles. The summed E-state index contributed by atoms with van der Waals surface area (Å²) in [5.41, 5.74) is 0.718. The first-order chi connectivity index (χ1) is 7.24. The third kappa shape index (κ3) is 4.45. The monoisotopic (exact) mass is 226 g/mol. The molecule has 1 rings (SSSR count). The molecule has 82 valence electrons. The van der Waals surface area contributed by atoms with Crippen molar-refractivity contribution in [3.05, 3.63) is 34.9 Å². The zero-order valence-electron chi connectivity index (χ0n) is 8.83. The third-order valence-corrected chi connectivity index (χ3v) is 2.31. The number of ether oxygens (including phenoxy) is 1. The summed E-state index contributed by atoms with van der Waals surface area (Å²) >= 11 is 5.73. The van der Waals surface area contributed by atoms with Crippen molar-refractivity contribution in [1.82, 2.24) is 0 Å². The largest absolute Gasteiger partial charge is 0.382 e. The molecule has 0 unspecified atom stereocenters. The molecule has 0 atom stereocenters. The smallest absolute Gasteiger partial charge is 0.162 e. The minimum atomic E-state index is 0.145. The van der Waals surface area contributed by atoms with E-state index in [1.807, 2.05) is 6.92 Å². The van der Waals surface area contributed by atoms with Crippen LogP contribution in [0.2, 0.25) is 5.02 Å². The highest BCUT2D eigenvalue weighted by Gasteiger charge is 2.04. The summed E-state index contributed by atoms with van der Waals surface area (Å²) in [6.45, 7) is 3.30. The predicted molar refractivity (Wildman–Crippen MR) is 61.5 cm³/mol. The molecule has 0 amide bonds. The highest BCUT2D eigenvalue weighted by Crippen LogP contribution is 2.11. The number of hydrogen-bond acceptors (Lipinski definition) is 2. The minimum Gasteiger partial charge on any atom is -0.382 e. The van der Waals surface area contributed by atoms with Crippen LogP contribution >= 0.6 is 11.6 Å². The summed E-state index contributed by atoms with van der Waals surface area (Å²) in [5, 5.41) is 0.654. The number of halogens is 1. The van der Waals surface area contributed by atoms with Crippen molar-refractivity contribution in [2.45, 2.75) is 19.8 Å². The highest BCUT2D eigenvalue weighted by atomic mass is 35.5. The Labute approximate surface area is 95.2 Å². The van der Waals surface area contributed by atoms with Crippen molar-refractivity contribution in [1.29, 1.82) is 0 Å². The molecule has 0 N–H and O–H groups in total. The van der Waals surface area contributed by atoms with E-state index in [1.165, 1.54) is 0 Å². The van der Waals surface area contributed by atoms with Crippen LogP contribution in [0.1, 0.15) is 30.1 Å². The van der Waals surface area contributed by atoms with Gasteiger partial charge in [-0.25, -0.2) is 0 Å². The van der Waals surface area contributed by atoms with Crippen molar-refractivity contribution < 1.29 is 9.53 Å². The Balaban J connectivity index is 2.37. The maximum atomic E-state index is 11.6. The first-order valence-corrected chi connectivity index (χ1v) is 5.48. The number of hydrogen-bond donors (Lipinski definition) is 0. The van der Waals surface area contributed by atoms with Gasteiger partial charge >= 0.3 is 0 Å². The van der Waals surface area contributed by atoms with Gasteiger partial charge in [0.15, 0.2) is 5.78 Å². The Morgan fingerprint density at radius 2 is 2.00 bits per heavy atom. The van der Waals surface area contributed by atoms with Gasteiger partial charge in [0.25, 0.3) is 0 Å². The molecule has 1 aromatic rings. The highest BCUT2D eigenvalue weighted by molar-refractivity contribution is 6.30. The lowest BCUT2D eigenvalue weighted by molar-refractivity contribution is 0.0947. The minimum absolute atomic E-state index is 0.145. The third-order valence-electron chi connectivity index (χ3n) is 2.06. The Hall–Kier alpha value is -0.860. The molecule has 15 heavy (non-hydrogen) atoms. The summed E-state index contributed by atoms with van der Waals surface area (Å²) in [4.78, 5) is 11.6. The number of ketones is 1. The van der Waals surface area contributed by atoms with Gasteiger partial charge in [0.1, 0.15) is 0 Å². The first-order valence-electron chi connectivity index (χ1n) is 5.10. The van der Waals surface area contributed by atoms with E-state index in [1.54, 1.807) is 24.3 Å². The zero-order valence-corrected chi connectivity index (χ0v) is 9.59. The number of Topliss-reactive ketones (excluding diaryl/α,β-unsaturated/α-hetero) is 1. The van der Waals surface area contributed by atoms with Crippen LogP contribution in [-0.4, -0.2) is 19.0 Å². The molecule has 1 aromatic carbocycles. The Kier molecular flexibility index (Phi) is 5.37. The zero-order chi connectivity index (χ0) is 11.1. The van der Waals surface area contributed by atoms with Gasteiger partial charge in [-0.2, -0.15) is 0 Å². The van der Waals surface area contributed by atoms with E-state index in [0.717, 1.165) is 12.0 Å². The van der Waals surface area contributed by atoms with Gasteiger partial charge in [-0.15, -0.1) is 0 Å². The molecule has 2 nitrogen and oxygen atoms in total. The van der Waals surface area contributed by atoms with Crippen LogP contribution in [0, 0.1) is 0 Å². The van der Waals surface area contributed by atoms with Gasteiger partial charge in [0, 0.05) is 30.2 Å². The molecular weight excluding hydrogens is 212 g/mol. The van der Waals surface area contributed by atoms with Gasteiger partial charge in [0.2, 0.25) is 0 Å². The summed E-state index contributed by atoms with van der Waals surface area (Å²) < 4.78 is 5.17. The predicted octanol–water partition coefficient (Wildman–Crippen LogP) is 3.34. The lowest BCUT2D eigenvalue weighted by Crippen LogP contribution is -2.02. The lowest BCUT2D eigenvalue weighted by Gasteiger charge is -2.01. The SMILES string of the molecule is CCOCCCC(=O)c1ccc(Cl)cc1. The summed E-state index contributed by atoms with van der Waals surface area (Å²) in [6, 6.07) is 6.98. The number of rotatable bonds is 6. The summed E-state index contributed by atoms with van der Waals surface area (Å²) in [5.74, 6) is 0.145. The van der Waals surface area contributed by atoms with Crippen LogP contribution in [0.5, 0.6) is 0 Å². The Morgan fingerprint density at radius 3 is 2.60 bits per heavy atom. The number of carbonyl (C=O) groups is 1. The fourth-order valence-corrected chi connectivity index (χ4v) is 1.39. The van der Waals surface area contributed by atoms with Gasteiger partial charge in [-0.3, -0.25) is 4.79 Å². The van der Waals surface area contributed by atoms with Crippen molar-refractivity contribution in [2.24, 2.45) is 0 Å². The lowest BCUT2D eigenvalue weighted by atomic mass is 10.1. The van der Waals surface area contributed by atoms with Crippen molar-refractivity contribution >= 4 is 17.4 Å². The van der Waals surface area contributed by atoms with Gasteiger partial charge in [-0.05, 0) is 37.6 Å². The number of carbonyl (C=O) groups excluding carboxylic acids is 1. The standard InChI is InChI=1S/C12H15ClO2/c1-2-15-9-3-4-12(14)10-5-7-11(13)8-6-10/h5-8H,2-4,9H2,1H3. The molecule has 0 fully saturated rings. The van der Waals surface area contributed by atoms with Crippen molar-refractivity contribution in [3.63, 3.8) is 0 Å². The van der Waals surface area contributed by atoms with Crippen LogP contribution < -0.4 is 0 Å². The molecule has 0 heterocycles. The summed E-state index contributed by atoms with van der Waals surface area (Å²) in [6.07, 6.45) is 1.30. The van der Waals surface area contributed by atoms with E-state index in [9.17, 15) is 4.79 Å². The van der Waals surface area contributed by atoms with Crippen molar-refractivity contribution in [2.75, 3.05) is 13.2 Å². The second-order valence-electron chi connectivity index (χ2n) is 3.23. The van der Waals surface area contributed by atoms with Crippen LogP contribution in [0.4, 0.5) is 0 Å². The van der Waals surface area contributed by atoms with E-state index in [2.05, 4.69) is 0 Å². The molecule has 0 spiro atoms. The molecule has 3 heteroatoms. The average Bonchev–Trinajstić information content (AvgIpc) is 2.25. The van der Waals surface area contributed by atoms with E-state index in [-0.39, 0.29) is 5.78 Å². The normalized spacial score (nSPS) is 10.3. The quantitative estimate of drug-likeness (QED) is 0.549. The van der Waals surface area contributed by atoms with E-state index in [0.29, 0.717) is 24.7 Å². The average molecular weight is 227 g/mol. The van der Waals surface area contributed by atoms with Gasteiger partial charge in [0.05, 0.1) is 0 Å². The molecule has 0 aliphatic heterocycles. The topological polar surface area (TPSA) is 26.3 Å². The maximum absolute atomic E-state index is 11.6. The Morgan fingerprint density at radius 1 is 1.33 bits per heavy atom. The van der Waals surface area contributed by atoms with Crippen LogP contribution in [0.25, 0.3) is 0 Å². The number of benzene rings is 1.